The number of aryl methyl sites for hydroxylation is 1. The standard InChI is InChI=1S/C17H25FN2O2/c1-11(2)16(10-20-8-14(21)9-20)19(4)17(22)13-5-6-15(18)12(3)7-13/h5-7,11,14,16,21H,8-10H2,1-4H3/t16-/m1/s1. The van der Waals surface area contributed by atoms with Gasteiger partial charge in [-0.25, -0.2) is 4.39 Å². The average Bonchev–Trinajstić information content (AvgIpc) is 2.43. The SMILES string of the molecule is Cc1cc(C(=O)N(C)[C@H](CN2CC(O)C2)C(C)C)ccc1F. The molecule has 0 bridgehead atoms. The first-order valence-electron chi connectivity index (χ1n) is 7.73. The summed E-state index contributed by atoms with van der Waals surface area (Å²) < 4.78 is 13.4. The zero-order valence-corrected chi connectivity index (χ0v) is 13.7. The van der Waals surface area contributed by atoms with Gasteiger partial charge in [0.1, 0.15) is 5.82 Å². The molecule has 1 fully saturated rings. The highest BCUT2D eigenvalue weighted by Crippen LogP contribution is 2.19. The van der Waals surface area contributed by atoms with Crippen LogP contribution >= 0.6 is 0 Å². The van der Waals surface area contributed by atoms with Gasteiger partial charge in [-0.05, 0) is 36.6 Å². The van der Waals surface area contributed by atoms with Gasteiger partial charge in [0, 0.05) is 38.3 Å². The summed E-state index contributed by atoms with van der Waals surface area (Å²) in [7, 11) is 1.79. The van der Waals surface area contributed by atoms with Gasteiger partial charge in [0.15, 0.2) is 0 Å². The monoisotopic (exact) mass is 308 g/mol. The average molecular weight is 308 g/mol. The summed E-state index contributed by atoms with van der Waals surface area (Å²) in [5.41, 5.74) is 0.988. The van der Waals surface area contributed by atoms with E-state index in [1.54, 1.807) is 24.9 Å². The summed E-state index contributed by atoms with van der Waals surface area (Å²) in [5.74, 6) is -0.0923. The van der Waals surface area contributed by atoms with Gasteiger partial charge >= 0.3 is 0 Å². The number of likely N-dealkylation sites (N-methyl/N-ethyl adjacent to an activating group) is 1. The van der Waals surface area contributed by atoms with Crippen LogP contribution in [0.2, 0.25) is 0 Å². The molecule has 1 N–H and O–H groups in total. The van der Waals surface area contributed by atoms with Crippen LogP contribution in [0.25, 0.3) is 0 Å². The van der Waals surface area contributed by atoms with Crippen molar-refractivity contribution in [3.8, 4) is 0 Å². The van der Waals surface area contributed by atoms with Crippen LogP contribution in [-0.4, -0.2) is 59.6 Å². The molecule has 1 amide bonds. The second kappa shape index (κ2) is 6.75. The number of aliphatic hydroxyl groups excluding tert-OH is 1. The van der Waals surface area contributed by atoms with E-state index in [9.17, 15) is 14.3 Å². The third-order valence-corrected chi connectivity index (χ3v) is 4.38. The molecule has 1 heterocycles. The molecule has 1 aromatic rings. The summed E-state index contributed by atoms with van der Waals surface area (Å²) in [6.07, 6.45) is -0.242. The lowest BCUT2D eigenvalue weighted by atomic mass is 9.99. The zero-order valence-electron chi connectivity index (χ0n) is 13.7. The molecule has 1 saturated heterocycles. The third kappa shape index (κ3) is 3.65. The van der Waals surface area contributed by atoms with Crippen LogP contribution in [0.1, 0.15) is 29.8 Å². The van der Waals surface area contributed by atoms with Crippen molar-refractivity contribution in [2.45, 2.75) is 32.9 Å². The van der Waals surface area contributed by atoms with E-state index >= 15 is 0 Å². The number of hydrogen-bond acceptors (Lipinski definition) is 3. The Morgan fingerprint density at radius 3 is 2.59 bits per heavy atom. The summed E-state index contributed by atoms with van der Waals surface area (Å²) in [6, 6.07) is 4.53. The van der Waals surface area contributed by atoms with Crippen LogP contribution in [-0.2, 0) is 0 Å². The van der Waals surface area contributed by atoms with Crippen molar-refractivity contribution in [2.75, 3.05) is 26.7 Å². The molecule has 122 valence electrons. The Labute approximate surface area is 131 Å². The Morgan fingerprint density at radius 2 is 2.09 bits per heavy atom. The largest absolute Gasteiger partial charge is 0.390 e. The summed E-state index contributed by atoms with van der Waals surface area (Å²) >= 11 is 0. The lowest BCUT2D eigenvalue weighted by molar-refractivity contribution is -0.0152. The van der Waals surface area contributed by atoms with Crippen LogP contribution < -0.4 is 0 Å². The Morgan fingerprint density at radius 1 is 1.45 bits per heavy atom. The van der Waals surface area contributed by atoms with Gasteiger partial charge in [-0.15, -0.1) is 0 Å². The molecule has 1 aliphatic heterocycles. The minimum absolute atomic E-state index is 0.0605. The van der Waals surface area contributed by atoms with E-state index in [-0.39, 0.29) is 23.9 Å². The van der Waals surface area contributed by atoms with Crippen molar-refractivity contribution in [1.82, 2.24) is 9.80 Å². The molecule has 0 unspecified atom stereocenters. The van der Waals surface area contributed by atoms with Crippen molar-refractivity contribution >= 4 is 5.91 Å². The second-order valence-electron chi connectivity index (χ2n) is 6.56. The fourth-order valence-corrected chi connectivity index (χ4v) is 2.87. The first-order valence-corrected chi connectivity index (χ1v) is 7.73. The van der Waals surface area contributed by atoms with E-state index in [0.717, 1.165) is 6.54 Å². The predicted molar refractivity (Wildman–Crippen MR) is 84.3 cm³/mol. The predicted octanol–water partition coefficient (Wildman–Crippen LogP) is 1.91. The molecule has 1 aromatic carbocycles. The highest BCUT2D eigenvalue weighted by molar-refractivity contribution is 5.94. The molecule has 0 radical (unpaired) electrons. The number of β-amino-alcohol motifs (C(OH)–C–C–N with tert-alkyl or cyclic N) is 1. The molecule has 0 spiro atoms. The Hall–Kier alpha value is -1.46. The lowest BCUT2D eigenvalue weighted by Gasteiger charge is -2.41. The number of rotatable bonds is 5. The van der Waals surface area contributed by atoms with Gasteiger partial charge < -0.3 is 10.0 Å². The number of benzene rings is 1. The summed E-state index contributed by atoms with van der Waals surface area (Å²) in [4.78, 5) is 16.5. The van der Waals surface area contributed by atoms with Crippen molar-refractivity contribution in [3.63, 3.8) is 0 Å². The molecule has 1 atom stereocenters. The fraction of sp³-hybridized carbons (Fsp3) is 0.588. The van der Waals surface area contributed by atoms with Crippen LogP contribution in [0.15, 0.2) is 18.2 Å². The molecule has 4 nitrogen and oxygen atoms in total. The zero-order chi connectivity index (χ0) is 16.4. The summed E-state index contributed by atoms with van der Waals surface area (Å²) in [6.45, 7) is 7.91. The van der Waals surface area contributed by atoms with Gasteiger partial charge in [0.05, 0.1) is 6.10 Å². The van der Waals surface area contributed by atoms with E-state index < -0.39 is 0 Å². The van der Waals surface area contributed by atoms with Crippen molar-refractivity contribution in [1.29, 1.82) is 0 Å². The quantitative estimate of drug-likeness (QED) is 0.903. The number of carbonyl (C=O) groups excluding carboxylic acids is 1. The number of carbonyl (C=O) groups is 1. The molecule has 5 heteroatoms. The molecular weight excluding hydrogens is 283 g/mol. The fourth-order valence-electron chi connectivity index (χ4n) is 2.87. The number of hydrogen-bond donors (Lipinski definition) is 1. The molecule has 2 rings (SSSR count). The smallest absolute Gasteiger partial charge is 0.253 e. The molecule has 0 aromatic heterocycles. The van der Waals surface area contributed by atoms with Crippen molar-refractivity contribution in [3.05, 3.63) is 35.1 Å². The highest BCUT2D eigenvalue weighted by Gasteiger charge is 2.31. The number of nitrogens with zero attached hydrogens (tertiary/aromatic N) is 2. The van der Waals surface area contributed by atoms with E-state index in [0.29, 0.717) is 30.1 Å². The van der Waals surface area contributed by atoms with Crippen LogP contribution in [0.5, 0.6) is 0 Å². The van der Waals surface area contributed by atoms with Crippen molar-refractivity contribution in [2.24, 2.45) is 5.92 Å². The normalized spacial score (nSPS) is 17.4. The van der Waals surface area contributed by atoms with Crippen LogP contribution in [0.4, 0.5) is 4.39 Å². The van der Waals surface area contributed by atoms with Crippen LogP contribution in [0.3, 0.4) is 0 Å². The number of halogens is 1. The second-order valence-corrected chi connectivity index (χ2v) is 6.56. The lowest BCUT2D eigenvalue weighted by Crippen LogP contribution is -2.57. The van der Waals surface area contributed by atoms with Gasteiger partial charge in [-0.3, -0.25) is 9.69 Å². The minimum Gasteiger partial charge on any atom is -0.390 e. The summed E-state index contributed by atoms with van der Waals surface area (Å²) in [5, 5.41) is 9.39. The number of amides is 1. The maximum atomic E-state index is 13.4. The maximum Gasteiger partial charge on any atom is 0.253 e. The maximum absolute atomic E-state index is 13.4. The third-order valence-electron chi connectivity index (χ3n) is 4.38. The molecule has 1 aliphatic rings. The Kier molecular flexibility index (Phi) is 5.19. The minimum atomic E-state index is -0.297. The number of likely N-dealkylation sites (tertiary alicyclic amines) is 1. The molecular formula is C17H25FN2O2. The van der Waals surface area contributed by atoms with Crippen molar-refractivity contribution < 1.29 is 14.3 Å². The van der Waals surface area contributed by atoms with Crippen LogP contribution in [0, 0.1) is 18.7 Å². The first-order chi connectivity index (χ1) is 10.3. The van der Waals surface area contributed by atoms with Gasteiger partial charge in [0.25, 0.3) is 5.91 Å². The van der Waals surface area contributed by atoms with Gasteiger partial charge in [-0.1, -0.05) is 13.8 Å². The Balaban J connectivity index is 2.09. The first kappa shape index (κ1) is 16.9. The Bertz CT molecular complexity index is 541. The van der Waals surface area contributed by atoms with E-state index in [1.165, 1.54) is 12.1 Å². The molecule has 22 heavy (non-hydrogen) atoms. The molecule has 0 saturated carbocycles. The molecule has 0 aliphatic carbocycles. The highest BCUT2D eigenvalue weighted by atomic mass is 19.1. The van der Waals surface area contributed by atoms with Gasteiger partial charge in [0.2, 0.25) is 0 Å². The number of aliphatic hydroxyl groups is 1. The van der Waals surface area contributed by atoms with E-state index in [4.69, 9.17) is 0 Å². The van der Waals surface area contributed by atoms with Gasteiger partial charge in [-0.2, -0.15) is 0 Å². The van der Waals surface area contributed by atoms with E-state index in [1.807, 2.05) is 0 Å². The topological polar surface area (TPSA) is 43.8 Å². The van der Waals surface area contributed by atoms with E-state index in [2.05, 4.69) is 18.7 Å².